The number of carbonyl (C=O) groups excluding carboxylic acids is 2. The summed E-state index contributed by atoms with van der Waals surface area (Å²) < 4.78 is 4.87. The summed E-state index contributed by atoms with van der Waals surface area (Å²) in [6.07, 6.45) is 2.14. The fourth-order valence-corrected chi connectivity index (χ4v) is 1.47. The molecule has 0 bridgehead atoms. The molecular formula is C12H16N2O3. The van der Waals surface area contributed by atoms with Gasteiger partial charge in [-0.2, -0.15) is 0 Å². The molecule has 1 rings (SSSR count). The molecule has 1 aromatic heterocycles. The van der Waals surface area contributed by atoms with Crippen molar-refractivity contribution in [2.45, 2.75) is 33.2 Å². The van der Waals surface area contributed by atoms with E-state index in [1.807, 2.05) is 6.92 Å². The van der Waals surface area contributed by atoms with Crippen LogP contribution in [-0.2, 0) is 16.0 Å². The van der Waals surface area contributed by atoms with Gasteiger partial charge in [0, 0.05) is 32.0 Å². The van der Waals surface area contributed by atoms with E-state index in [-0.39, 0.29) is 17.9 Å². The van der Waals surface area contributed by atoms with E-state index in [4.69, 9.17) is 4.74 Å². The third-order valence-electron chi connectivity index (χ3n) is 2.02. The zero-order valence-corrected chi connectivity index (χ0v) is 10.2. The molecule has 5 nitrogen and oxygen atoms in total. The number of nitrogens with one attached hydrogen (secondary N) is 1. The topological polar surface area (TPSA) is 68.3 Å². The fourth-order valence-electron chi connectivity index (χ4n) is 1.47. The molecule has 0 saturated carbocycles. The van der Waals surface area contributed by atoms with Crippen LogP contribution >= 0.6 is 0 Å². The van der Waals surface area contributed by atoms with Crippen LogP contribution < -0.4 is 10.1 Å². The molecule has 1 aromatic rings. The standard InChI is InChI=1S/C12H16N2O3/c1-8(14-9(2)15)6-11-4-5-12(7-13-11)17-10(3)16/h4-5,7-8H,6H2,1-3H3,(H,14,15). The third kappa shape index (κ3) is 5.10. The zero-order chi connectivity index (χ0) is 12.8. The Balaban J connectivity index is 2.56. The first-order valence-corrected chi connectivity index (χ1v) is 5.38. The number of aromatic nitrogens is 1. The lowest BCUT2D eigenvalue weighted by atomic mass is 10.1. The minimum atomic E-state index is -0.369. The molecule has 0 spiro atoms. The van der Waals surface area contributed by atoms with Crippen LogP contribution in [0, 0.1) is 0 Å². The van der Waals surface area contributed by atoms with Gasteiger partial charge >= 0.3 is 5.97 Å². The monoisotopic (exact) mass is 236 g/mol. The van der Waals surface area contributed by atoms with Gasteiger partial charge in [0.25, 0.3) is 0 Å². The Hall–Kier alpha value is -1.91. The molecule has 1 amide bonds. The van der Waals surface area contributed by atoms with Crippen LogP contribution in [0.1, 0.15) is 26.5 Å². The maximum Gasteiger partial charge on any atom is 0.308 e. The Labute approximate surface area is 100 Å². The molecule has 1 unspecified atom stereocenters. The first-order chi connectivity index (χ1) is 7.97. The Morgan fingerprint density at radius 1 is 1.41 bits per heavy atom. The van der Waals surface area contributed by atoms with Gasteiger partial charge in [-0.25, -0.2) is 0 Å². The smallest absolute Gasteiger partial charge is 0.308 e. The lowest BCUT2D eigenvalue weighted by Crippen LogP contribution is -2.32. The Morgan fingerprint density at radius 2 is 2.12 bits per heavy atom. The average molecular weight is 236 g/mol. The second kappa shape index (κ2) is 5.98. The molecule has 1 N–H and O–H groups in total. The lowest BCUT2D eigenvalue weighted by Gasteiger charge is -2.11. The number of hydrogen-bond donors (Lipinski definition) is 1. The number of rotatable bonds is 4. The van der Waals surface area contributed by atoms with Crippen molar-refractivity contribution in [2.75, 3.05) is 0 Å². The number of carbonyl (C=O) groups is 2. The van der Waals surface area contributed by atoms with E-state index >= 15 is 0 Å². The summed E-state index contributed by atoms with van der Waals surface area (Å²) >= 11 is 0. The molecule has 0 aliphatic rings. The Kier molecular flexibility index (Phi) is 4.63. The molecule has 0 radical (unpaired) electrons. The highest BCUT2D eigenvalue weighted by atomic mass is 16.5. The molecular weight excluding hydrogens is 220 g/mol. The molecule has 17 heavy (non-hydrogen) atoms. The van der Waals surface area contributed by atoms with Crippen molar-refractivity contribution in [1.82, 2.24) is 10.3 Å². The first kappa shape index (κ1) is 13.2. The fraction of sp³-hybridized carbons (Fsp3) is 0.417. The minimum absolute atomic E-state index is 0.0274. The number of esters is 1. The highest BCUT2D eigenvalue weighted by Gasteiger charge is 2.06. The van der Waals surface area contributed by atoms with Crippen molar-refractivity contribution in [1.29, 1.82) is 0 Å². The average Bonchev–Trinajstić information content (AvgIpc) is 2.18. The summed E-state index contributed by atoms with van der Waals surface area (Å²) in [4.78, 5) is 25.7. The van der Waals surface area contributed by atoms with E-state index in [2.05, 4.69) is 10.3 Å². The van der Waals surface area contributed by atoms with Crippen molar-refractivity contribution in [3.05, 3.63) is 24.0 Å². The number of amides is 1. The van der Waals surface area contributed by atoms with Crippen LogP contribution in [0.25, 0.3) is 0 Å². The zero-order valence-electron chi connectivity index (χ0n) is 10.2. The van der Waals surface area contributed by atoms with Gasteiger partial charge in [-0.15, -0.1) is 0 Å². The molecule has 1 heterocycles. The highest BCUT2D eigenvalue weighted by molar-refractivity contribution is 5.73. The van der Waals surface area contributed by atoms with Gasteiger partial charge in [-0.1, -0.05) is 0 Å². The van der Waals surface area contributed by atoms with E-state index in [1.165, 1.54) is 20.0 Å². The quantitative estimate of drug-likeness (QED) is 0.794. The minimum Gasteiger partial charge on any atom is -0.425 e. The normalized spacial score (nSPS) is 11.7. The van der Waals surface area contributed by atoms with E-state index < -0.39 is 0 Å². The summed E-state index contributed by atoms with van der Waals surface area (Å²) in [7, 11) is 0. The highest BCUT2D eigenvalue weighted by Crippen LogP contribution is 2.10. The van der Waals surface area contributed by atoms with Crippen molar-refractivity contribution >= 4 is 11.9 Å². The van der Waals surface area contributed by atoms with E-state index in [9.17, 15) is 9.59 Å². The van der Waals surface area contributed by atoms with Gasteiger partial charge in [0.05, 0.1) is 6.20 Å². The van der Waals surface area contributed by atoms with Gasteiger partial charge < -0.3 is 10.1 Å². The van der Waals surface area contributed by atoms with E-state index in [1.54, 1.807) is 12.1 Å². The number of pyridine rings is 1. The molecule has 0 fully saturated rings. The van der Waals surface area contributed by atoms with Gasteiger partial charge in [0.1, 0.15) is 5.75 Å². The van der Waals surface area contributed by atoms with Crippen LogP contribution in [0.4, 0.5) is 0 Å². The van der Waals surface area contributed by atoms with Gasteiger partial charge in [-0.05, 0) is 19.1 Å². The molecule has 0 aromatic carbocycles. The molecule has 1 atom stereocenters. The van der Waals surface area contributed by atoms with Crippen LogP contribution in [0.2, 0.25) is 0 Å². The van der Waals surface area contributed by atoms with Gasteiger partial charge in [-0.3, -0.25) is 14.6 Å². The predicted molar refractivity (Wildman–Crippen MR) is 62.5 cm³/mol. The van der Waals surface area contributed by atoms with Crippen LogP contribution in [0.3, 0.4) is 0 Å². The van der Waals surface area contributed by atoms with Gasteiger partial charge in [0.2, 0.25) is 5.91 Å². The van der Waals surface area contributed by atoms with Gasteiger partial charge in [0.15, 0.2) is 0 Å². The van der Waals surface area contributed by atoms with E-state index in [0.717, 1.165) is 5.69 Å². The Morgan fingerprint density at radius 3 is 2.59 bits per heavy atom. The number of hydrogen-bond acceptors (Lipinski definition) is 4. The Bertz CT molecular complexity index is 401. The predicted octanol–water partition coefficient (Wildman–Crippen LogP) is 1.07. The van der Waals surface area contributed by atoms with Crippen molar-refractivity contribution in [2.24, 2.45) is 0 Å². The SMILES string of the molecule is CC(=O)NC(C)Cc1ccc(OC(C)=O)cn1. The molecule has 0 aliphatic carbocycles. The van der Waals surface area contributed by atoms with Crippen molar-refractivity contribution < 1.29 is 14.3 Å². The second-order valence-corrected chi connectivity index (χ2v) is 3.88. The first-order valence-electron chi connectivity index (χ1n) is 5.38. The summed E-state index contributed by atoms with van der Waals surface area (Å²) in [6.45, 7) is 4.73. The van der Waals surface area contributed by atoms with Crippen LogP contribution in [-0.4, -0.2) is 22.9 Å². The summed E-state index contributed by atoms with van der Waals surface area (Å²) in [5, 5.41) is 2.77. The second-order valence-electron chi connectivity index (χ2n) is 3.88. The van der Waals surface area contributed by atoms with Crippen LogP contribution in [0.15, 0.2) is 18.3 Å². The molecule has 0 aliphatic heterocycles. The van der Waals surface area contributed by atoms with E-state index in [0.29, 0.717) is 12.2 Å². The maximum absolute atomic E-state index is 10.8. The third-order valence-corrected chi connectivity index (χ3v) is 2.02. The van der Waals surface area contributed by atoms with Crippen molar-refractivity contribution in [3.63, 3.8) is 0 Å². The lowest BCUT2D eigenvalue weighted by molar-refractivity contribution is -0.131. The molecule has 5 heteroatoms. The molecule has 0 saturated heterocycles. The number of nitrogens with zero attached hydrogens (tertiary/aromatic N) is 1. The summed E-state index contributed by atoms with van der Waals surface area (Å²) in [5.41, 5.74) is 0.835. The molecule has 92 valence electrons. The maximum atomic E-state index is 10.8. The van der Waals surface area contributed by atoms with Crippen molar-refractivity contribution in [3.8, 4) is 5.75 Å². The van der Waals surface area contributed by atoms with Crippen LogP contribution in [0.5, 0.6) is 5.75 Å². The summed E-state index contributed by atoms with van der Waals surface area (Å²) in [5.74, 6) is -0.00590. The number of ether oxygens (including phenoxy) is 1. The summed E-state index contributed by atoms with van der Waals surface area (Å²) in [6, 6.07) is 3.49. The largest absolute Gasteiger partial charge is 0.425 e.